The molecular weight excluding hydrogens is 265 g/mol. The summed E-state index contributed by atoms with van der Waals surface area (Å²) >= 11 is 0. The first-order valence-electron chi connectivity index (χ1n) is 8.22. The van der Waals surface area contributed by atoms with Crippen molar-refractivity contribution in [1.82, 2.24) is 4.90 Å². The quantitative estimate of drug-likeness (QED) is 0.782. The van der Waals surface area contributed by atoms with Gasteiger partial charge in [-0.2, -0.15) is 0 Å². The summed E-state index contributed by atoms with van der Waals surface area (Å²) in [6.45, 7) is 3.04. The number of fused-ring (bicyclic) bond motifs is 1. The Bertz CT molecular complexity index is 496. The van der Waals surface area contributed by atoms with Crippen molar-refractivity contribution in [2.45, 2.75) is 57.5 Å². The predicted molar refractivity (Wildman–Crippen MR) is 81.9 cm³/mol. The van der Waals surface area contributed by atoms with Crippen molar-refractivity contribution in [3.05, 3.63) is 35.6 Å². The first-order chi connectivity index (χ1) is 10.2. The van der Waals surface area contributed by atoms with Gasteiger partial charge < -0.3 is 0 Å². The van der Waals surface area contributed by atoms with E-state index in [1.807, 2.05) is 6.92 Å². The van der Waals surface area contributed by atoms with Gasteiger partial charge in [0.1, 0.15) is 5.82 Å². The van der Waals surface area contributed by atoms with Crippen LogP contribution in [0.15, 0.2) is 24.3 Å². The molecule has 3 unspecified atom stereocenters. The van der Waals surface area contributed by atoms with Gasteiger partial charge in [0.15, 0.2) is 5.78 Å². The van der Waals surface area contributed by atoms with Crippen LogP contribution in [0.2, 0.25) is 0 Å². The van der Waals surface area contributed by atoms with Gasteiger partial charge in [0.05, 0.1) is 6.04 Å². The molecule has 0 bridgehead atoms. The van der Waals surface area contributed by atoms with Crippen molar-refractivity contribution in [3.8, 4) is 0 Å². The number of carbonyl (C=O) groups excluding carboxylic acids is 1. The number of carbonyl (C=O) groups is 1. The maximum Gasteiger partial charge on any atom is 0.179 e. The maximum atomic E-state index is 13.0. The van der Waals surface area contributed by atoms with Crippen LogP contribution in [0.5, 0.6) is 0 Å². The average molecular weight is 289 g/mol. The van der Waals surface area contributed by atoms with Crippen LogP contribution in [0.3, 0.4) is 0 Å². The van der Waals surface area contributed by atoms with Crippen LogP contribution in [0.1, 0.15) is 55.8 Å². The third-order valence-corrected chi connectivity index (χ3v) is 5.29. The summed E-state index contributed by atoms with van der Waals surface area (Å²) in [6.07, 6.45) is 7.69. The third kappa shape index (κ3) is 3.03. The first-order valence-corrected chi connectivity index (χ1v) is 8.22. The van der Waals surface area contributed by atoms with Crippen LogP contribution < -0.4 is 0 Å². The third-order valence-electron chi connectivity index (χ3n) is 5.29. The number of halogens is 1. The van der Waals surface area contributed by atoms with E-state index in [0.717, 1.165) is 12.5 Å². The molecule has 3 heteroatoms. The van der Waals surface area contributed by atoms with Gasteiger partial charge in [-0.15, -0.1) is 0 Å². The number of nitrogens with zero attached hydrogens (tertiary/aromatic N) is 1. The van der Waals surface area contributed by atoms with E-state index in [9.17, 15) is 9.18 Å². The zero-order valence-electron chi connectivity index (χ0n) is 12.7. The molecule has 1 aliphatic heterocycles. The molecule has 1 saturated heterocycles. The molecule has 1 heterocycles. The molecule has 114 valence electrons. The van der Waals surface area contributed by atoms with Crippen molar-refractivity contribution < 1.29 is 9.18 Å². The Morgan fingerprint density at radius 3 is 2.57 bits per heavy atom. The topological polar surface area (TPSA) is 20.3 Å². The second-order valence-corrected chi connectivity index (χ2v) is 6.54. The first kappa shape index (κ1) is 14.7. The van der Waals surface area contributed by atoms with Crippen molar-refractivity contribution in [3.63, 3.8) is 0 Å². The summed E-state index contributed by atoms with van der Waals surface area (Å²) < 4.78 is 13.0. The number of piperidine rings is 1. The Balaban J connectivity index is 1.75. The van der Waals surface area contributed by atoms with Crippen molar-refractivity contribution in [1.29, 1.82) is 0 Å². The highest BCUT2D eigenvalue weighted by atomic mass is 19.1. The van der Waals surface area contributed by atoms with E-state index in [-0.39, 0.29) is 17.6 Å². The molecule has 0 radical (unpaired) electrons. The molecule has 3 rings (SSSR count). The monoisotopic (exact) mass is 289 g/mol. The van der Waals surface area contributed by atoms with E-state index in [4.69, 9.17) is 0 Å². The van der Waals surface area contributed by atoms with Gasteiger partial charge in [0.2, 0.25) is 0 Å². The van der Waals surface area contributed by atoms with Crippen molar-refractivity contribution in [2.75, 3.05) is 6.54 Å². The number of hydrogen-bond donors (Lipinski definition) is 0. The Kier molecular flexibility index (Phi) is 4.39. The Hall–Kier alpha value is -1.22. The summed E-state index contributed by atoms with van der Waals surface area (Å²) in [5.41, 5.74) is 0.627. The van der Waals surface area contributed by atoms with Gasteiger partial charge in [-0.25, -0.2) is 4.39 Å². The Morgan fingerprint density at radius 1 is 1.14 bits per heavy atom. The fourth-order valence-electron chi connectivity index (χ4n) is 4.15. The number of ketones is 1. The molecule has 3 atom stereocenters. The molecule has 2 nitrogen and oxygen atoms in total. The molecule has 1 aromatic rings. The predicted octanol–water partition coefficient (Wildman–Crippen LogP) is 4.05. The number of hydrogen-bond acceptors (Lipinski definition) is 2. The summed E-state index contributed by atoms with van der Waals surface area (Å²) in [5.74, 6) is 0.613. The van der Waals surface area contributed by atoms with Crippen LogP contribution in [0.25, 0.3) is 0 Å². The number of rotatable bonds is 3. The minimum atomic E-state index is -0.287. The molecule has 1 aliphatic carbocycles. The molecule has 0 N–H and O–H groups in total. The van der Waals surface area contributed by atoms with Gasteiger partial charge in [-0.1, -0.05) is 12.8 Å². The lowest BCUT2D eigenvalue weighted by Crippen LogP contribution is -2.53. The molecule has 21 heavy (non-hydrogen) atoms. The van der Waals surface area contributed by atoms with Gasteiger partial charge in [-0.3, -0.25) is 9.69 Å². The van der Waals surface area contributed by atoms with Crippen LogP contribution in [0, 0.1) is 11.7 Å². The minimum Gasteiger partial charge on any atom is -0.292 e. The maximum absolute atomic E-state index is 13.0. The second-order valence-electron chi connectivity index (χ2n) is 6.54. The van der Waals surface area contributed by atoms with Gasteiger partial charge in [-0.05, 0) is 69.3 Å². The molecule has 1 saturated carbocycles. The second kappa shape index (κ2) is 6.27. The van der Waals surface area contributed by atoms with E-state index in [1.54, 1.807) is 12.1 Å². The average Bonchev–Trinajstić information content (AvgIpc) is 2.53. The van der Waals surface area contributed by atoms with Crippen LogP contribution >= 0.6 is 0 Å². The van der Waals surface area contributed by atoms with E-state index in [1.165, 1.54) is 50.7 Å². The highest BCUT2D eigenvalue weighted by molar-refractivity contribution is 5.99. The lowest BCUT2D eigenvalue weighted by molar-refractivity contribution is 0.0297. The fourth-order valence-corrected chi connectivity index (χ4v) is 4.15. The molecule has 0 amide bonds. The van der Waals surface area contributed by atoms with Crippen LogP contribution in [0.4, 0.5) is 4.39 Å². The molecule has 0 aromatic heterocycles. The highest BCUT2D eigenvalue weighted by Crippen LogP contribution is 2.36. The van der Waals surface area contributed by atoms with Gasteiger partial charge in [0, 0.05) is 11.6 Å². The number of likely N-dealkylation sites (tertiary alicyclic amines) is 1. The molecular formula is C18H24FNO. The number of benzene rings is 1. The van der Waals surface area contributed by atoms with E-state index in [0.29, 0.717) is 11.6 Å². The van der Waals surface area contributed by atoms with E-state index in [2.05, 4.69) is 4.90 Å². The fraction of sp³-hybridized carbons (Fsp3) is 0.611. The summed E-state index contributed by atoms with van der Waals surface area (Å²) in [6, 6.07) is 6.44. The lowest BCUT2D eigenvalue weighted by Gasteiger charge is -2.46. The molecule has 2 aliphatic rings. The summed E-state index contributed by atoms with van der Waals surface area (Å²) in [4.78, 5) is 15.1. The lowest BCUT2D eigenvalue weighted by atomic mass is 9.77. The molecule has 1 aromatic carbocycles. The SMILES string of the molecule is CC(C(=O)c1ccc(F)cc1)N1CCCC2CCCCC21. The largest absolute Gasteiger partial charge is 0.292 e. The Morgan fingerprint density at radius 2 is 1.81 bits per heavy atom. The zero-order chi connectivity index (χ0) is 14.8. The minimum absolute atomic E-state index is 0.0960. The molecule has 2 fully saturated rings. The van der Waals surface area contributed by atoms with Gasteiger partial charge >= 0.3 is 0 Å². The van der Waals surface area contributed by atoms with Gasteiger partial charge in [0.25, 0.3) is 0 Å². The van der Waals surface area contributed by atoms with E-state index < -0.39 is 0 Å². The standard InChI is InChI=1S/C18H24FNO/c1-13(18(21)15-8-10-16(19)11-9-15)20-12-4-6-14-5-2-3-7-17(14)20/h8-11,13-14,17H,2-7,12H2,1H3. The van der Waals surface area contributed by atoms with Crippen molar-refractivity contribution in [2.24, 2.45) is 5.92 Å². The normalized spacial score (nSPS) is 27.9. The van der Waals surface area contributed by atoms with Crippen molar-refractivity contribution >= 4 is 5.78 Å². The van der Waals surface area contributed by atoms with E-state index >= 15 is 0 Å². The smallest absolute Gasteiger partial charge is 0.179 e. The zero-order valence-corrected chi connectivity index (χ0v) is 12.7. The van der Waals surface area contributed by atoms with Crippen LogP contribution in [-0.4, -0.2) is 29.3 Å². The number of Topliss-reactive ketones (excluding diaryl/α,β-unsaturated/α-hetero) is 1. The Labute approximate surface area is 126 Å². The van der Waals surface area contributed by atoms with Crippen LogP contribution in [-0.2, 0) is 0 Å². The summed E-state index contributed by atoms with van der Waals surface area (Å²) in [5, 5.41) is 0. The summed E-state index contributed by atoms with van der Waals surface area (Å²) in [7, 11) is 0. The molecule has 0 spiro atoms. The highest BCUT2D eigenvalue weighted by Gasteiger charge is 2.37.